The van der Waals surface area contributed by atoms with Crippen molar-refractivity contribution in [1.82, 2.24) is 10.2 Å². The van der Waals surface area contributed by atoms with Crippen molar-refractivity contribution in [3.05, 3.63) is 29.3 Å². The number of likely N-dealkylation sites (tertiary alicyclic amines) is 1. The first-order chi connectivity index (χ1) is 12.1. The van der Waals surface area contributed by atoms with Crippen LogP contribution in [0.4, 0.5) is 0 Å². The van der Waals surface area contributed by atoms with E-state index in [0.717, 1.165) is 12.8 Å². The molecule has 2 rings (SSSR count). The van der Waals surface area contributed by atoms with Gasteiger partial charge in [-0.1, -0.05) is 23.7 Å². The first-order valence-corrected chi connectivity index (χ1v) is 9.52. The van der Waals surface area contributed by atoms with Gasteiger partial charge < -0.3 is 15.0 Å². The number of hydrogen-bond acceptors (Lipinski definition) is 3. The Morgan fingerprint density at radius 3 is 2.60 bits per heavy atom. The molecule has 7 heteroatoms. The lowest BCUT2D eigenvalue weighted by Crippen LogP contribution is -2.46. The molecule has 0 unspecified atom stereocenters. The molecule has 0 spiro atoms. The Bertz CT molecular complexity index is 575. The molecule has 0 radical (unpaired) electrons. The number of hydrogen-bond donors (Lipinski definition) is 1. The Morgan fingerprint density at radius 1 is 1.20 bits per heavy atom. The number of benzene rings is 1. The molecule has 0 aromatic heterocycles. The summed E-state index contributed by atoms with van der Waals surface area (Å²) < 4.78 is 5.60. The second-order valence-corrected chi connectivity index (χ2v) is 6.83. The van der Waals surface area contributed by atoms with Gasteiger partial charge in [0.2, 0.25) is 11.8 Å². The molecule has 25 heavy (non-hydrogen) atoms. The van der Waals surface area contributed by atoms with Crippen LogP contribution in [0.1, 0.15) is 32.1 Å². The fraction of sp³-hybridized carbons (Fsp3) is 0.556. The van der Waals surface area contributed by atoms with E-state index in [4.69, 9.17) is 27.9 Å². The third-order valence-corrected chi connectivity index (χ3v) is 4.66. The number of ether oxygens (including phenoxy) is 1. The van der Waals surface area contributed by atoms with Crippen LogP contribution in [0.2, 0.25) is 5.02 Å². The molecule has 1 aliphatic heterocycles. The van der Waals surface area contributed by atoms with Gasteiger partial charge in [-0.15, -0.1) is 11.6 Å². The number of carbonyl (C=O) groups is 2. The van der Waals surface area contributed by atoms with E-state index < -0.39 is 0 Å². The molecule has 1 N–H and O–H groups in total. The maximum Gasteiger partial charge on any atom is 0.222 e. The quantitative estimate of drug-likeness (QED) is 0.550. The van der Waals surface area contributed by atoms with E-state index in [9.17, 15) is 9.59 Å². The Hall–Kier alpha value is -1.46. The zero-order valence-corrected chi connectivity index (χ0v) is 15.7. The molecule has 1 aliphatic rings. The van der Waals surface area contributed by atoms with E-state index in [-0.39, 0.29) is 17.9 Å². The van der Waals surface area contributed by atoms with Crippen molar-refractivity contribution in [2.24, 2.45) is 0 Å². The summed E-state index contributed by atoms with van der Waals surface area (Å²) in [6.07, 6.45) is 3.02. The molecule has 1 aromatic rings. The van der Waals surface area contributed by atoms with E-state index in [1.807, 2.05) is 23.1 Å². The lowest BCUT2D eigenvalue weighted by atomic mass is 10.0. The summed E-state index contributed by atoms with van der Waals surface area (Å²) >= 11 is 11.6. The maximum atomic E-state index is 12.2. The van der Waals surface area contributed by atoms with Gasteiger partial charge in [0.1, 0.15) is 5.75 Å². The molecule has 0 atom stereocenters. The second-order valence-electron chi connectivity index (χ2n) is 6.04. The largest absolute Gasteiger partial charge is 0.492 e. The zero-order valence-electron chi connectivity index (χ0n) is 14.2. The van der Waals surface area contributed by atoms with Gasteiger partial charge in [-0.3, -0.25) is 9.59 Å². The van der Waals surface area contributed by atoms with Crippen LogP contribution in [0.5, 0.6) is 5.75 Å². The van der Waals surface area contributed by atoms with Crippen LogP contribution >= 0.6 is 23.2 Å². The normalized spacial score (nSPS) is 15.0. The van der Waals surface area contributed by atoms with Crippen LogP contribution < -0.4 is 10.1 Å². The van der Waals surface area contributed by atoms with E-state index in [1.165, 1.54) is 0 Å². The molecular weight excluding hydrogens is 363 g/mol. The highest BCUT2D eigenvalue weighted by Gasteiger charge is 2.23. The van der Waals surface area contributed by atoms with Gasteiger partial charge in [0.25, 0.3) is 0 Å². The third kappa shape index (κ3) is 6.75. The fourth-order valence-corrected chi connectivity index (χ4v) is 3.15. The molecule has 1 heterocycles. The Kier molecular flexibility index (Phi) is 8.35. The second kappa shape index (κ2) is 10.5. The average Bonchev–Trinajstić information content (AvgIpc) is 2.61. The molecule has 1 aromatic carbocycles. The molecule has 0 bridgehead atoms. The number of piperidine rings is 1. The number of amides is 2. The number of carbonyl (C=O) groups excluding carboxylic acids is 2. The monoisotopic (exact) mass is 386 g/mol. The van der Waals surface area contributed by atoms with Crippen LogP contribution in [0.3, 0.4) is 0 Å². The minimum absolute atomic E-state index is 0.0171. The van der Waals surface area contributed by atoms with Crippen molar-refractivity contribution < 1.29 is 14.3 Å². The summed E-state index contributed by atoms with van der Waals surface area (Å²) in [5, 5.41) is 3.54. The molecule has 1 saturated heterocycles. The average molecular weight is 387 g/mol. The summed E-state index contributed by atoms with van der Waals surface area (Å²) in [7, 11) is 0. The zero-order chi connectivity index (χ0) is 18.1. The van der Waals surface area contributed by atoms with Gasteiger partial charge in [-0.05, 0) is 31.4 Å². The smallest absolute Gasteiger partial charge is 0.222 e. The van der Waals surface area contributed by atoms with Crippen molar-refractivity contribution in [3.63, 3.8) is 0 Å². The Morgan fingerprint density at radius 2 is 1.92 bits per heavy atom. The highest BCUT2D eigenvalue weighted by atomic mass is 35.5. The minimum atomic E-state index is -0.0171. The Labute approximate surface area is 158 Å². The first kappa shape index (κ1) is 19.9. The molecule has 138 valence electrons. The van der Waals surface area contributed by atoms with Crippen molar-refractivity contribution in [3.8, 4) is 5.75 Å². The Balaban J connectivity index is 1.62. The van der Waals surface area contributed by atoms with Gasteiger partial charge in [-0.2, -0.15) is 0 Å². The highest BCUT2D eigenvalue weighted by molar-refractivity contribution is 6.32. The van der Waals surface area contributed by atoms with Gasteiger partial charge in [0.15, 0.2) is 0 Å². The first-order valence-electron chi connectivity index (χ1n) is 8.60. The number of alkyl halides is 1. The van der Waals surface area contributed by atoms with Crippen LogP contribution in [-0.4, -0.2) is 48.3 Å². The predicted molar refractivity (Wildman–Crippen MR) is 99.3 cm³/mol. The van der Waals surface area contributed by atoms with Crippen LogP contribution in [-0.2, 0) is 9.59 Å². The summed E-state index contributed by atoms with van der Waals surface area (Å²) in [5.41, 5.74) is 0. The lowest BCUT2D eigenvalue weighted by molar-refractivity contribution is -0.132. The summed E-state index contributed by atoms with van der Waals surface area (Å²) in [5.74, 6) is 1.09. The number of nitrogens with zero attached hydrogens (tertiary/aromatic N) is 1. The van der Waals surface area contributed by atoms with E-state index in [2.05, 4.69) is 5.32 Å². The summed E-state index contributed by atoms with van der Waals surface area (Å²) in [6, 6.07) is 7.44. The molecule has 0 saturated carbocycles. The van der Waals surface area contributed by atoms with Crippen molar-refractivity contribution in [2.75, 3.05) is 25.6 Å². The van der Waals surface area contributed by atoms with E-state index in [0.29, 0.717) is 55.6 Å². The maximum absolute atomic E-state index is 12.2. The number of halogens is 2. The van der Waals surface area contributed by atoms with Crippen molar-refractivity contribution >= 4 is 35.0 Å². The van der Waals surface area contributed by atoms with Gasteiger partial charge in [0, 0.05) is 37.9 Å². The molecule has 0 aliphatic carbocycles. The topological polar surface area (TPSA) is 58.6 Å². The van der Waals surface area contributed by atoms with Crippen LogP contribution in [0.25, 0.3) is 0 Å². The SMILES string of the molecule is O=C(CCCl)NC1CCN(C(=O)CCCOc2ccccc2Cl)CC1. The number of para-hydroxylation sites is 1. The number of nitrogens with one attached hydrogen (secondary N) is 1. The van der Waals surface area contributed by atoms with Crippen molar-refractivity contribution in [2.45, 2.75) is 38.1 Å². The minimum Gasteiger partial charge on any atom is -0.492 e. The molecule has 5 nitrogen and oxygen atoms in total. The van der Waals surface area contributed by atoms with Gasteiger partial charge in [-0.25, -0.2) is 0 Å². The molecule has 1 fully saturated rings. The standard InChI is InChI=1S/C18H24Cl2N2O3/c19-10-7-17(23)21-14-8-11-22(12-9-14)18(24)6-3-13-25-16-5-2-1-4-15(16)20/h1-2,4-5,14H,3,6-13H2,(H,21,23). The number of rotatable bonds is 8. The van der Waals surface area contributed by atoms with E-state index in [1.54, 1.807) is 6.07 Å². The highest BCUT2D eigenvalue weighted by Crippen LogP contribution is 2.23. The molecule has 2 amide bonds. The third-order valence-electron chi connectivity index (χ3n) is 4.16. The summed E-state index contributed by atoms with van der Waals surface area (Å²) in [6.45, 7) is 1.81. The molecular formula is C18H24Cl2N2O3. The predicted octanol–water partition coefficient (Wildman–Crippen LogP) is 3.24. The van der Waals surface area contributed by atoms with Crippen molar-refractivity contribution in [1.29, 1.82) is 0 Å². The fourth-order valence-electron chi connectivity index (χ4n) is 2.78. The summed E-state index contributed by atoms with van der Waals surface area (Å²) in [4.78, 5) is 25.7. The van der Waals surface area contributed by atoms with Crippen LogP contribution in [0, 0.1) is 0 Å². The van der Waals surface area contributed by atoms with E-state index >= 15 is 0 Å². The van der Waals surface area contributed by atoms with Gasteiger partial charge >= 0.3 is 0 Å². The van der Waals surface area contributed by atoms with Gasteiger partial charge in [0.05, 0.1) is 11.6 Å². The lowest BCUT2D eigenvalue weighted by Gasteiger charge is -2.32. The van der Waals surface area contributed by atoms with Crippen LogP contribution in [0.15, 0.2) is 24.3 Å².